The van der Waals surface area contributed by atoms with Crippen molar-refractivity contribution < 1.29 is 14.3 Å². The highest BCUT2D eigenvalue weighted by molar-refractivity contribution is 5.98. The molecule has 3 aromatic rings. The van der Waals surface area contributed by atoms with Crippen LogP contribution >= 0.6 is 0 Å². The van der Waals surface area contributed by atoms with Gasteiger partial charge in [-0.25, -0.2) is 4.79 Å². The van der Waals surface area contributed by atoms with Gasteiger partial charge in [-0.15, -0.1) is 0 Å². The number of nitrogens with zero attached hydrogens (tertiary/aromatic N) is 6. The van der Waals surface area contributed by atoms with Gasteiger partial charge < -0.3 is 9.64 Å². The van der Waals surface area contributed by atoms with E-state index < -0.39 is 0 Å². The van der Waals surface area contributed by atoms with E-state index in [4.69, 9.17) is 4.74 Å². The highest BCUT2D eigenvalue weighted by Gasteiger charge is 2.32. The molecule has 4 rings (SSSR count). The molecule has 30 heavy (non-hydrogen) atoms. The molecule has 0 N–H and O–H groups in total. The monoisotopic (exact) mass is 408 g/mol. The smallest absolute Gasteiger partial charge is 0.341 e. The first-order valence-corrected chi connectivity index (χ1v) is 10.1. The molecule has 156 valence electrons. The van der Waals surface area contributed by atoms with Crippen LogP contribution in [-0.4, -0.2) is 60.7 Å². The summed E-state index contributed by atoms with van der Waals surface area (Å²) >= 11 is 0. The summed E-state index contributed by atoms with van der Waals surface area (Å²) in [5.41, 5.74) is 1.61. The minimum absolute atomic E-state index is 0.0108. The van der Waals surface area contributed by atoms with Crippen LogP contribution in [0.5, 0.6) is 0 Å². The van der Waals surface area contributed by atoms with Crippen molar-refractivity contribution in [2.45, 2.75) is 38.8 Å². The summed E-state index contributed by atoms with van der Waals surface area (Å²) in [4.78, 5) is 28.7. The number of para-hydroxylation sites is 1. The summed E-state index contributed by atoms with van der Waals surface area (Å²) in [5.74, 6) is -0.459. The minimum atomic E-state index is -0.387. The van der Waals surface area contributed by atoms with Crippen LogP contribution in [0.4, 0.5) is 0 Å². The van der Waals surface area contributed by atoms with Gasteiger partial charge in [0.15, 0.2) is 0 Å². The normalized spacial score (nSPS) is 18.9. The number of piperidine rings is 1. The van der Waals surface area contributed by atoms with Crippen molar-refractivity contribution in [2.24, 2.45) is 0 Å². The molecule has 1 amide bonds. The molecule has 9 heteroatoms. The summed E-state index contributed by atoms with van der Waals surface area (Å²) in [6.45, 7) is 4.64. The topological polar surface area (TPSA) is 95.1 Å². The molecule has 3 heterocycles. The number of likely N-dealkylation sites (tertiary alicyclic amines) is 1. The Hall–Kier alpha value is -3.49. The third-order valence-corrected chi connectivity index (χ3v) is 5.37. The van der Waals surface area contributed by atoms with E-state index in [1.165, 1.54) is 11.0 Å². The molecule has 0 spiro atoms. The number of benzene rings is 1. The number of rotatable bonds is 5. The molecule has 0 radical (unpaired) electrons. The Bertz CT molecular complexity index is 1030. The Morgan fingerprint density at radius 2 is 1.90 bits per heavy atom. The maximum atomic E-state index is 13.5. The van der Waals surface area contributed by atoms with Crippen LogP contribution < -0.4 is 0 Å². The van der Waals surface area contributed by atoms with Crippen LogP contribution in [0.3, 0.4) is 0 Å². The van der Waals surface area contributed by atoms with Crippen LogP contribution in [0.1, 0.15) is 53.4 Å². The molecule has 1 aromatic carbocycles. The van der Waals surface area contributed by atoms with Crippen molar-refractivity contribution in [1.82, 2.24) is 29.7 Å². The molecule has 2 aromatic heterocycles. The van der Waals surface area contributed by atoms with E-state index in [9.17, 15) is 9.59 Å². The first kappa shape index (κ1) is 19.8. The number of esters is 1. The number of aromatic nitrogens is 5. The van der Waals surface area contributed by atoms with E-state index >= 15 is 0 Å². The van der Waals surface area contributed by atoms with Crippen molar-refractivity contribution in [3.05, 3.63) is 60.2 Å². The Labute approximate surface area is 174 Å². The zero-order valence-corrected chi connectivity index (χ0v) is 17.0. The van der Waals surface area contributed by atoms with Crippen molar-refractivity contribution in [1.29, 1.82) is 0 Å². The SMILES string of the molecule is CCOC(=O)c1cnn(C2CC[C@@H](C)N(C(=O)c3ccccc3-n3nccn3)C2)c1. The summed E-state index contributed by atoms with van der Waals surface area (Å²) in [6, 6.07) is 7.41. The molecule has 1 saturated heterocycles. The Balaban J connectivity index is 1.56. The maximum absolute atomic E-state index is 13.5. The van der Waals surface area contributed by atoms with Crippen LogP contribution in [0.25, 0.3) is 5.69 Å². The van der Waals surface area contributed by atoms with Crippen molar-refractivity contribution in [3.63, 3.8) is 0 Å². The van der Waals surface area contributed by atoms with E-state index in [-0.39, 0.29) is 24.0 Å². The molecule has 1 fully saturated rings. The van der Waals surface area contributed by atoms with Crippen LogP contribution in [0.15, 0.2) is 49.1 Å². The van der Waals surface area contributed by atoms with Gasteiger partial charge in [-0.1, -0.05) is 12.1 Å². The molecular weight excluding hydrogens is 384 g/mol. The van der Waals surface area contributed by atoms with Gasteiger partial charge >= 0.3 is 5.97 Å². The summed E-state index contributed by atoms with van der Waals surface area (Å²) in [6.07, 6.45) is 8.09. The van der Waals surface area contributed by atoms with Gasteiger partial charge in [-0.3, -0.25) is 9.48 Å². The molecule has 0 saturated carbocycles. The summed E-state index contributed by atoms with van der Waals surface area (Å²) in [7, 11) is 0. The van der Waals surface area contributed by atoms with Crippen LogP contribution in [0.2, 0.25) is 0 Å². The van der Waals surface area contributed by atoms with Crippen LogP contribution in [-0.2, 0) is 4.74 Å². The fourth-order valence-electron chi connectivity index (χ4n) is 3.77. The largest absolute Gasteiger partial charge is 0.462 e. The number of ether oxygens (including phenoxy) is 1. The minimum Gasteiger partial charge on any atom is -0.462 e. The molecule has 1 aliphatic rings. The third kappa shape index (κ3) is 3.83. The van der Waals surface area contributed by atoms with Gasteiger partial charge in [0.05, 0.1) is 48.1 Å². The standard InChI is InChI=1S/C21H24N6O3/c1-3-30-21(29)16-12-24-26(13-16)17-9-8-15(2)25(14-17)20(28)18-6-4-5-7-19(18)27-22-10-11-23-27/h4-7,10-13,15,17H,3,8-9,14H2,1-2H3/t15-,17?/m1/s1. The summed E-state index contributed by atoms with van der Waals surface area (Å²) in [5, 5.41) is 12.7. The molecule has 1 aliphatic heterocycles. The second-order valence-electron chi connectivity index (χ2n) is 7.30. The molecule has 0 aliphatic carbocycles. The van der Waals surface area contributed by atoms with Crippen molar-refractivity contribution in [2.75, 3.05) is 13.2 Å². The van der Waals surface area contributed by atoms with Gasteiger partial charge in [0, 0.05) is 18.8 Å². The van der Waals surface area contributed by atoms with E-state index in [1.54, 1.807) is 36.3 Å². The van der Waals surface area contributed by atoms with Gasteiger partial charge in [0.1, 0.15) is 0 Å². The fraction of sp³-hybridized carbons (Fsp3) is 0.381. The number of carbonyl (C=O) groups excluding carboxylic acids is 2. The lowest BCUT2D eigenvalue weighted by Gasteiger charge is -2.38. The highest BCUT2D eigenvalue weighted by Crippen LogP contribution is 2.28. The lowest BCUT2D eigenvalue weighted by atomic mass is 9.98. The number of hydrogen-bond acceptors (Lipinski definition) is 6. The fourth-order valence-corrected chi connectivity index (χ4v) is 3.77. The predicted octanol–water partition coefficient (Wildman–Crippen LogP) is 2.51. The van der Waals surface area contributed by atoms with E-state index in [0.717, 1.165) is 12.8 Å². The Morgan fingerprint density at radius 1 is 1.13 bits per heavy atom. The Morgan fingerprint density at radius 3 is 2.67 bits per heavy atom. The lowest BCUT2D eigenvalue weighted by molar-refractivity contribution is 0.0520. The van der Waals surface area contributed by atoms with Gasteiger partial charge in [-0.05, 0) is 38.8 Å². The molecule has 2 atom stereocenters. The molecule has 9 nitrogen and oxygen atoms in total. The number of carbonyl (C=O) groups is 2. The second kappa shape index (κ2) is 8.48. The average Bonchev–Trinajstić information content (AvgIpc) is 3.46. The lowest BCUT2D eigenvalue weighted by Crippen LogP contribution is -2.46. The van der Waals surface area contributed by atoms with E-state index in [2.05, 4.69) is 22.2 Å². The zero-order valence-electron chi connectivity index (χ0n) is 17.0. The van der Waals surface area contributed by atoms with E-state index in [1.807, 2.05) is 23.1 Å². The predicted molar refractivity (Wildman–Crippen MR) is 108 cm³/mol. The average molecular weight is 408 g/mol. The van der Waals surface area contributed by atoms with Gasteiger partial charge in [0.2, 0.25) is 0 Å². The van der Waals surface area contributed by atoms with Crippen LogP contribution in [0, 0.1) is 0 Å². The quantitative estimate of drug-likeness (QED) is 0.602. The van der Waals surface area contributed by atoms with Gasteiger partial charge in [0.25, 0.3) is 5.91 Å². The second-order valence-corrected chi connectivity index (χ2v) is 7.30. The first-order valence-electron chi connectivity index (χ1n) is 10.1. The van der Waals surface area contributed by atoms with Crippen molar-refractivity contribution in [3.8, 4) is 5.69 Å². The molecular formula is C21H24N6O3. The van der Waals surface area contributed by atoms with Gasteiger partial charge in [-0.2, -0.15) is 20.1 Å². The summed E-state index contributed by atoms with van der Waals surface area (Å²) < 4.78 is 6.80. The number of amides is 1. The van der Waals surface area contributed by atoms with E-state index in [0.29, 0.717) is 30.0 Å². The molecule has 1 unspecified atom stereocenters. The maximum Gasteiger partial charge on any atom is 0.341 e. The first-order chi connectivity index (χ1) is 14.6. The van der Waals surface area contributed by atoms with Crippen molar-refractivity contribution >= 4 is 11.9 Å². The Kier molecular flexibility index (Phi) is 5.60. The number of hydrogen-bond donors (Lipinski definition) is 0. The highest BCUT2D eigenvalue weighted by atomic mass is 16.5. The third-order valence-electron chi connectivity index (χ3n) is 5.37. The zero-order chi connectivity index (χ0) is 21.1. The molecule has 0 bridgehead atoms.